The van der Waals surface area contributed by atoms with E-state index in [9.17, 15) is 9.90 Å². The van der Waals surface area contributed by atoms with Crippen molar-refractivity contribution in [2.75, 3.05) is 6.54 Å². The molecule has 0 bridgehead atoms. The Balaban J connectivity index is 2.17. The molecule has 0 atom stereocenters. The second-order valence-corrected chi connectivity index (χ2v) is 6.50. The molecular weight excluding hydrogens is 302 g/mol. The van der Waals surface area contributed by atoms with Crippen molar-refractivity contribution in [3.05, 3.63) is 35.6 Å². The van der Waals surface area contributed by atoms with Gasteiger partial charge in [-0.2, -0.15) is 0 Å². The summed E-state index contributed by atoms with van der Waals surface area (Å²) in [6.45, 7) is 7.18. The van der Waals surface area contributed by atoms with Gasteiger partial charge in [-0.3, -0.25) is 4.79 Å². The van der Waals surface area contributed by atoms with E-state index in [1.165, 1.54) is 5.56 Å². The van der Waals surface area contributed by atoms with Crippen LogP contribution in [0.15, 0.2) is 28.7 Å². The SMILES string of the molecule is CCCCc1oc2ccccc2c1CNCC(CC)(CC)C(=O)O. The van der Waals surface area contributed by atoms with E-state index in [4.69, 9.17) is 4.42 Å². The first-order chi connectivity index (χ1) is 11.6. The third-order valence-electron chi connectivity index (χ3n) is 5.11. The Bertz CT molecular complexity index is 671. The highest BCUT2D eigenvalue weighted by molar-refractivity contribution is 5.82. The van der Waals surface area contributed by atoms with Gasteiger partial charge in [0.1, 0.15) is 11.3 Å². The van der Waals surface area contributed by atoms with E-state index in [1.807, 2.05) is 32.0 Å². The number of fused-ring (bicyclic) bond motifs is 1. The minimum atomic E-state index is -0.719. The predicted molar refractivity (Wildman–Crippen MR) is 97.2 cm³/mol. The van der Waals surface area contributed by atoms with Gasteiger partial charge in [0.15, 0.2) is 0 Å². The van der Waals surface area contributed by atoms with Crippen molar-refractivity contribution >= 4 is 16.9 Å². The highest BCUT2D eigenvalue weighted by Gasteiger charge is 2.34. The van der Waals surface area contributed by atoms with Crippen LogP contribution < -0.4 is 5.32 Å². The standard InChI is InChI=1S/C20H29NO3/c1-4-7-11-18-16(15-10-8-9-12-17(15)24-18)13-21-14-20(5-2,6-3)19(22)23/h8-10,12,21H,4-7,11,13-14H2,1-3H3,(H,22,23). The van der Waals surface area contributed by atoms with Gasteiger partial charge >= 0.3 is 5.97 Å². The van der Waals surface area contributed by atoms with Gasteiger partial charge in [0, 0.05) is 30.5 Å². The summed E-state index contributed by atoms with van der Waals surface area (Å²) < 4.78 is 6.03. The number of carbonyl (C=O) groups is 1. The van der Waals surface area contributed by atoms with Gasteiger partial charge in [0.25, 0.3) is 0 Å². The Labute approximate surface area is 144 Å². The third kappa shape index (κ3) is 3.81. The maximum absolute atomic E-state index is 11.6. The molecule has 0 spiro atoms. The molecular formula is C20H29NO3. The molecule has 24 heavy (non-hydrogen) atoms. The second-order valence-electron chi connectivity index (χ2n) is 6.50. The van der Waals surface area contributed by atoms with Crippen LogP contribution in [0, 0.1) is 5.41 Å². The van der Waals surface area contributed by atoms with Gasteiger partial charge in [-0.1, -0.05) is 45.4 Å². The van der Waals surface area contributed by atoms with Crippen molar-refractivity contribution in [2.24, 2.45) is 5.41 Å². The summed E-state index contributed by atoms with van der Waals surface area (Å²) in [4.78, 5) is 11.6. The van der Waals surface area contributed by atoms with Crippen molar-refractivity contribution < 1.29 is 14.3 Å². The van der Waals surface area contributed by atoms with Crippen LogP contribution in [-0.4, -0.2) is 17.6 Å². The summed E-state index contributed by atoms with van der Waals surface area (Å²) in [5.41, 5.74) is 1.39. The van der Waals surface area contributed by atoms with Crippen LogP contribution in [0.2, 0.25) is 0 Å². The number of furan rings is 1. The molecule has 0 radical (unpaired) electrons. The average molecular weight is 331 g/mol. The Hall–Kier alpha value is -1.81. The van der Waals surface area contributed by atoms with Crippen molar-refractivity contribution in [2.45, 2.75) is 59.4 Å². The third-order valence-corrected chi connectivity index (χ3v) is 5.11. The van der Waals surface area contributed by atoms with Crippen molar-refractivity contribution in [3.8, 4) is 0 Å². The number of benzene rings is 1. The molecule has 0 aliphatic carbocycles. The maximum Gasteiger partial charge on any atom is 0.310 e. The molecule has 1 aromatic carbocycles. The van der Waals surface area contributed by atoms with Crippen molar-refractivity contribution in [3.63, 3.8) is 0 Å². The van der Waals surface area contributed by atoms with Gasteiger partial charge < -0.3 is 14.8 Å². The van der Waals surface area contributed by atoms with Crippen molar-refractivity contribution in [1.82, 2.24) is 5.32 Å². The Morgan fingerprint density at radius 2 is 1.92 bits per heavy atom. The topological polar surface area (TPSA) is 62.5 Å². The molecule has 0 amide bonds. The number of para-hydroxylation sites is 1. The number of carboxylic acid groups (broad SMARTS) is 1. The maximum atomic E-state index is 11.6. The van der Waals surface area contributed by atoms with Crippen LogP contribution >= 0.6 is 0 Å². The van der Waals surface area contributed by atoms with Crippen LogP contribution in [0.4, 0.5) is 0 Å². The van der Waals surface area contributed by atoms with Gasteiger partial charge in [-0.15, -0.1) is 0 Å². The average Bonchev–Trinajstić information content (AvgIpc) is 2.94. The minimum absolute atomic E-state index is 0.474. The molecule has 4 nitrogen and oxygen atoms in total. The second kappa shape index (κ2) is 8.34. The molecule has 132 valence electrons. The van der Waals surface area contributed by atoms with E-state index in [1.54, 1.807) is 0 Å². The molecule has 1 heterocycles. The van der Waals surface area contributed by atoms with E-state index < -0.39 is 11.4 Å². The molecule has 2 N–H and O–H groups in total. The number of aryl methyl sites for hydroxylation is 1. The summed E-state index contributed by atoms with van der Waals surface area (Å²) in [5, 5.41) is 14.1. The largest absolute Gasteiger partial charge is 0.481 e. The lowest BCUT2D eigenvalue weighted by atomic mass is 9.82. The fourth-order valence-corrected chi connectivity index (χ4v) is 3.19. The van der Waals surface area contributed by atoms with Crippen LogP contribution in [-0.2, 0) is 17.8 Å². The normalized spacial score (nSPS) is 12.0. The lowest BCUT2D eigenvalue weighted by Crippen LogP contribution is -2.40. The first-order valence-corrected chi connectivity index (χ1v) is 9.01. The summed E-state index contributed by atoms with van der Waals surface area (Å²) in [6.07, 6.45) is 4.39. The Morgan fingerprint density at radius 1 is 1.21 bits per heavy atom. The van der Waals surface area contributed by atoms with E-state index in [0.29, 0.717) is 25.9 Å². The molecule has 0 aliphatic heterocycles. The van der Waals surface area contributed by atoms with Crippen LogP contribution in [0.1, 0.15) is 57.8 Å². The fourth-order valence-electron chi connectivity index (χ4n) is 3.19. The van der Waals surface area contributed by atoms with E-state index in [-0.39, 0.29) is 0 Å². The van der Waals surface area contributed by atoms with Gasteiger partial charge in [0.2, 0.25) is 0 Å². The number of nitrogens with one attached hydrogen (secondary N) is 1. The van der Waals surface area contributed by atoms with Crippen LogP contribution in [0.3, 0.4) is 0 Å². The molecule has 0 aliphatic rings. The monoisotopic (exact) mass is 331 g/mol. The molecule has 0 unspecified atom stereocenters. The van der Waals surface area contributed by atoms with Crippen LogP contribution in [0.25, 0.3) is 11.0 Å². The van der Waals surface area contributed by atoms with Crippen molar-refractivity contribution in [1.29, 1.82) is 0 Å². The lowest BCUT2D eigenvalue weighted by molar-refractivity contribution is -0.149. The van der Waals surface area contributed by atoms with Crippen LogP contribution in [0.5, 0.6) is 0 Å². The van der Waals surface area contributed by atoms with E-state index >= 15 is 0 Å². The minimum Gasteiger partial charge on any atom is -0.481 e. The number of hydrogen-bond acceptors (Lipinski definition) is 3. The summed E-state index contributed by atoms with van der Waals surface area (Å²) >= 11 is 0. The van der Waals surface area contributed by atoms with Gasteiger partial charge in [-0.05, 0) is 25.3 Å². The highest BCUT2D eigenvalue weighted by Crippen LogP contribution is 2.29. The smallest absolute Gasteiger partial charge is 0.310 e. The molecule has 2 aromatic rings. The summed E-state index contributed by atoms with van der Waals surface area (Å²) in [5.74, 6) is 0.308. The van der Waals surface area contributed by atoms with E-state index in [2.05, 4.69) is 18.3 Å². The Morgan fingerprint density at radius 3 is 2.54 bits per heavy atom. The first-order valence-electron chi connectivity index (χ1n) is 9.01. The summed E-state index contributed by atoms with van der Waals surface area (Å²) in [6, 6.07) is 8.07. The van der Waals surface area contributed by atoms with Gasteiger partial charge in [0.05, 0.1) is 5.41 Å². The lowest BCUT2D eigenvalue weighted by Gasteiger charge is -2.27. The summed E-state index contributed by atoms with van der Waals surface area (Å²) in [7, 11) is 0. The number of aliphatic carboxylic acids is 1. The molecule has 0 fully saturated rings. The number of rotatable bonds is 10. The molecule has 0 saturated heterocycles. The highest BCUT2D eigenvalue weighted by atomic mass is 16.4. The predicted octanol–water partition coefficient (Wildman–Crippen LogP) is 4.76. The van der Waals surface area contributed by atoms with E-state index in [0.717, 1.165) is 36.0 Å². The molecule has 0 saturated carbocycles. The molecule has 1 aromatic heterocycles. The number of carboxylic acids is 1. The van der Waals surface area contributed by atoms with Gasteiger partial charge in [-0.25, -0.2) is 0 Å². The Kier molecular flexibility index (Phi) is 6.44. The fraction of sp³-hybridized carbons (Fsp3) is 0.550. The number of hydrogen-bond donors (Lipinski definition) is 2. The zero-order valence-corrected chi connectivity index (χ0v) is 15.0. The zero-order valence-electron chi connectivity index (χ0n) is 15.0. The molecule has 4 heteroatoms. The first kappa shape index (κ1) is 18.5. The zero-order chi connectivity index (χ0) is 17.6. The quantitative estimate of drug-likeness (QED) is 0.659. The molecule has 2 rings (SSSR count). The number of unbranched alkanes of at least 4 members (excludes halogenated alkanes) is 1.